The number of hydrogen-bond donors (Lipinski definition) is 2. The van der Waals surface area contributed by atoms with Crippen LogP contribution in [0.4, 0.5) is 11.5 Å². The summed E-state index contributed by atoms with van der Waals surface area (Å²) in [5, 5.41) is 7.60. The molecule has 6 nitrogen and oxygen atoms in total. The molecule has 21 heavy (non-hydrogen) atoms. The van der Waals surface area contributed by atoms with E-state index in [-0.39, 0.29) is 11.6 Å². The second-order valence-corrected chi connectivity index (χ2v) is 4.39. The quantitative estimate of drug-likeness (QED) is 0.769. The highest BCUT2D eigenvalue weighted by molar-refractivity contribution is 6.07. The van der Waals surface area contributed by atoms with Crippen LogP contribution < -0.4 is 10.6 Å². The van der Waals surface area contributed by atoms with Crippen molar-refractivity contribution < 1.29 is 4.79 Å². The lowest BCUT2D eigenvalue weighted by atomic mass is 10.1. The first-order valence-corrected chi connectivity index (χ1v) is 6.42. The summed E-state index contributed by atoms with van der Waals surface area (Å²) in [6.45, 7) is 0. The summed E-state index contributed by atoms with van der Waals surface area (Å²) in [6, 6.07) is 7.52. The first-order valence-electron chi connectivity index (χ1n) is 6.42. The molecule has 3 rings (SSSR count). The minimum atomic E-state index is -0.297. The van der Waals surface area contributed by atoms with Gasteiger partial charge in [-0.15, -0.1) is 0 Å². The zero-order valence-electron chi connectivity index (χ0n) is 11.4. The maximum absolute atomic E-state index is 12.2. The number of hydrogen-bond acceptors (Lipinski definition) is 5. The van der Waals surface area contributed by atoms with E-state index >= 15 is 0 Å². The number of rotatable bonds is 3. The minimum absolute atomic E-state index is 0.264. The minimum Gasteiger partial charge on any atom is -0.372 e. The Morgan fingerprint density at radius 3 is 2.76 bits per heavy atom. The number of amides is 1. The van der Waals surface area contributed by atoms with Gasteiger partial charge in [0.25, 0.3) is 5.91 Å². The van der Waals surface area contributed by atoms with E-state index in [2.05, 4.69) is 25.6 Å². The summed E-state index contributed by atoms with van der Waals surface area (Å²) in [5.41, 5.74) is 0.986. The Labute approximate surface area is 121 Å². The molecular weight excluding hydrogens is 266 g/mol. The molecule has 0 bridgehead atoms. The fourth-order valence-electron chi connectivity index (χ4n) is 1.99. The summed E-state index contributed by atoms with van der Waals surface area (Å²) in [4.78, 5) is 24.4. The zero-order chi connectivity index (χ0) is 14.7. The number of aromatic nitrogens is 3. The normalized spacial score (nSPS) is 10.3. The van der Waals surface area contributed by atoms with Gasteiger partial charge in [-0.1, -0.05) is 12.1 Å². The number of anilines is 2. The topological polar surface area (TPSA) is 79.8 Å². The highest BCUT2D eigenvalue weighted by Gasteiger charge is 2.10. The third kappa shape index (κ3) is 2.64. The number of carbonyl (C=O) groups excluding carboxylic acids is 1. The van der Waals surface area contributed by atoms with E-state index in [9.17, 15) is 4.79 Å². The molecule has 0 saturated carbocycles. The molecule has 3 aromatic rings. The van der Waals surface area contributed by atoms with Gasteiger partial charge in [-0.2, -0.15) is 0 Å². The first kappa shape index (κ1) is 13.0. The monoisotopic (exact) mass is 279 g/mol. The predicted molar refractivity (Wildman–Crippen MR) is 81.3 cm³/mol. The molecule has 0 aliphatic heterocycles. The Hall–Kier alpha value is -3.02. The molecule has 0 radical (unpaired) electrons. The summed E-state index contributed by atoms with van der Waals surface area (Å²) < 4.78 is 0. The third-order valence-corrected chi connectivity index (χ3v) is 3.07. The van der Waals surface area contributed by atoms with E-state index in [4.69, 9.17) is 0 Å². The molecule has 1 amide bonds. The van der Waals surface area contributed by atoms with Crippen molar-refractivity contribution in [3.05, 3.63) is 54.7 Å². The van der Waals surface area contributed by atoms with E-state index in [1.165, 1.54) is 12.4 Å². The molecule has 1 aromatic carbocycles. The Morgan fingerprint density at radius 2 is 2.00 bits per heavy atom. The van der Waals surface area contributed by atoms with Gasteiger partial charge in [0.15, 0.2) is 0 Å². The van der Waals surface area contributed by atoms with Crippen molar-refractivity contribution in [2.24, 2.45) is 0 Å². The van der Waals surface area contributed by atoms with Crippen molar-refractivity contribution in [3.8, 4) is 0 Å². The molecule has 2 aromatic heterocycles. The summed E-state index contributed by atoms with van der Waals surface area (Å²) in [7, 11) is 1.74. The van der Waals surface area contributed by atoms with Crippen LogP contribution in [-0.2, 0) is 0 Å². The SMILES string of the molecule is CNc1cnc(C(=O)Nc2cccc3cnccc23)cn1. The van der Waals surface area contributed by atoms with E-state index in [0.717, 1.165) is 16.5 Å². The van der Waals surface area contributed by atoms with E-state index in [1.807, 2.05) is 24.3 Å². The second-order valence-electron chi connectivity index (χ2n) is 4.39. The standard InChI is InChI=1S/C15H13N5O/c1-16-14-9-18-13(8-19-14)15(21)20-12-4-2-3-10-7-17-6-5-11(10)12/h2-9H,1H3,(H,16,19)(H,20,21). The van der Waals surface area contributed by atoms with Crippen LogP contribution in [0.25, 0.3) is 10.8 Å². The summed E-state index contributed by atoms with van der Waals surface area (Å²) in [6.07, 6.45) is 6.40. The van der Waals surface area contributed by atoms with Crippen LogP contribution in [0.1, 0.15) is 10.5 Å². The average molecular weight is 279 g/mol. The number of carbonyl (C=O) groups is 1. The lowest BCUT2D eigenvalue weighted by Gasteiger charge is -2.08. The van der Waals surface area contributed by atoms with Crippen LogP contribution in [0.15, 0.2) is 49.1 Å². The van der Waals surface area contributed by atoms with Crippen LogP contribution in [0.5, 0.6) is 0 Å². The molecule has 0 aliphatic carbocycles. The van der Waals surface area contributed by atoms with Gasteiger partial charge in [0.05, 0.1) is 12.4 Å². The van der Waals surface area contributed by atoms with Gasteiger partial charge in [-0.25, -0.2) is 9.97 Å². The Kier molecular flexibility index (Phi) is 3.42. The van der Waals surface area contributed by atoms with Crippen LogP contribution in [0, 0.1) is 0 Å². The molecule has 2 heterocycles. The van der Waals surface area contributed by atoms with Crippen molar-refractivity contribution in [2.75, 3.05) is 17.7 Å². The van der Waals surface area contributed by atoms with Crippen LogP contribution >= 0.6 is 0 Å². The Balaban J connectivity index is 1.89. The van der Waals surface area contributed by atoms with Gasteiger partial charge in [-0.05, 0) is 12.1 Å². The van der Waals surface area contributed by atoms with Crippen LogP contribution in [0.2, 0.25) is 0 Å². The van der Waals surface area contributed by atoms with Crippen molar-refractivity contribution in [3.63, 3.8) is 0 Å². The van der Waals surface area contributed by atoms with Crippen LogP contribution in [0.3, 0.4) is 0 Å². The molecule has 6 heteroatoms. The number of nitrogens with zero attached hydrogens (tertiary/aromatic N) is 3. The van der Waals surface area contributed by atoms with E-state index in [0.29, 0.717) is 5.82 Å². The zero-order valence-corrected chi connectivity index (χ0v) is 11.4. The molecule has 0 saturated heterocycles. The number of pyridine rings is 1. The van der Waals surface area contributed by atoms with Crippen molar-refractivity contribution in [1.29, 1.82) is 0 Å². The number of fused-ring (bicyclic) bond motifs is 1. The van der Waals surface area contributed by atoms with Gasteiger partial charge in [-0.3, -0.25) is 9.78 Å². The van der Waals surface area contributed by atoms with Crippen LogP contribution in [-0.4, -0.2) is 27.9 Å². The summed E-state index contributed by atoms with van der Waals surface area (Å²) >= 11 is 0. The first-order chi connectivity index (χ1) is 10.3. The van der Waals surface area contributed by atoms with Gasteiger partial charge in [0, 0.05) is 35.9 Å². The van der Waals surface area contributed by atoms with Crippen molar-refractivity contribution in [2.45, 2.75) is 0 Å². The van der Waals surface area contributed by atoms with Gasteiger partial charge in [0.1, 0.15) is 11.5 Å². The van der Waals surface area contributed by atoms with Gasteiger partial charge < -0.3 is 10.6 Å². The Morgan fingerprint density at radius 1 is 1.10 bits per heavy atom. The maximum Gasteiger partial charge on any atom is 0.275 e. The molecule has 0 unspecified atom stereocenters. The lowest BCUT2D eigenvalue weighted by Crippen LogP contribution is -2.14. The number of benzene rings is 1. The molecule has 2 N–H and O–H groups in total. The van der Waals surface area contributed by atoms with Crippen molar-refractivity contribution in [1.82, 2.24) is 15.0 Å². The fraction of sp³-hybridized carbons (Fsp3) is 0.0667. The number of nitrogens with one attached hydrogen (secondary N) is 2. The highest BCUT2D eigenvalue weighted by atomic mass is 16.1. The highest BCUT2D eigenvalue weighted by Crippen LogP contribution is 2.22. The van der Waals surface area contributed by atoms with Gasteiger partial charge in [0.2, 0.25) is 0 Å². The predicted octanol–water partition coefficient (Wildman–Crippen LogP) is 2.32. The molecular formula is C15H13N5O. The fourth-order valence-corrected chi connectivity index (χ4v) is 1.99. The molecule has 0 atom stereocenters. The largest absolute Gasteiger partial charge is 0.372 e. The molecule has 0 fully saturated rings. The third-order valence-electron chi connectivity index (χ3n) is 3.07. The van der Waals surface area contributed by atoms with E-state index < -0.39 is 0 Å². The summed E-state index contributed by atoms with van der Waals surface area (Å²) in [5.74, 6) is 0.317. The Bertz CT molecular complexity index is 780. The van der Waals surface area contributed by atoms with Crippen molar-refractivity contribution >= 4 is 28.2 Å². The lowest BCUT2D eigenvalue weighted by molar-refractivity contribution is 0.102. The molecule has 104 valence electrons. The van der Waals surface area contributed by atoms with E-state index in [1.54, 1.807) is 19.4 Å². The van der Waals surface area contributed by atoms with Gasteiger partial charge >= 0.3 is 0 Å². The molecule has 0 aliphatic rings. The average Bonchev–Trinajstić information content (AvgIpc) is 2.55. The maximum atomic E-state index is 12.2. The smallest absolute Gasteiger partial charge is 0.275 e. The molecule has 0 spiro atoms. The second kappa shape index (κ2) is 5.54.